The molecule has 2 N–H and O–H groups in total. The van der Waals surface area contributed by atoms with Crippen molar-refractivity contribution in [3.05, 3.63) is 84.2 Å². The first-order valence-electron chi connectivity index (χ1n) is 8.94. The third kappa shape index (κ3) is 5.36. The topological polar surface area (TPSA) is 88.5 Å². The molecule has 148 valence electrons. The van der Waals surface area contributed by atoms with Gasteiger partial charge in [0, 0.05) is 17.5 Å². The van der Waals surface area contributed by atoms with E-state index in [9.17, 15) is 14.7 Å². The van der Waals surface area contributed by atoms with Gasteiger partial charge >= 0.3 is 5.97 Å². The first-order valence-corrected chi connectivity index (χ1v) is 9.57. The molecule has 0 radical (unpaired) electrons. The number of carboxylic acids is 1. The lowest BCUT2D eigenvalue weighted by molar-refractivity contribution is -0.138. The summed E-state index contributed by atoms with van der Waals surface area (Å²) in [6.45, 7) is 0.307. The van der Waals surface area contributed by atoms with Gasteiger partial charge in [0.2, 0.25) is 0 Å². The zero-order chi connectivity index (χ0) is 20.6. The van der Waals surface area contributed by atoms with Crippen LogP contribution < -0.4 is 10.1 Å². The number of carbonyl (C=O) groups excluding carboxylic acids is 1. The maximum Gasteiger partial charge on any atom is 0.327 e. The number of pyridine rings is 1. The molecule has 6 nitrogen and oxygen atoms in total. The molecule has 0 fully saturated rings. The molecular weight excluding hydrogens is 388 g/mol. The number of nitrogens with one attached hydrogen (secondary N) is 1. The van der Waals surface area contributed by atoms with E-state index in [1.807, 2.05) is 42.5 Å². The van der Waals surface area contributed by atoms with Crippen LogP contribution in [0.15, 0.2) is 73.1 Å². The van der Waals surface area contributed by atoms with E-state index in [4.69, 9.17) is 4.74 Å². The molecule has 1 amide bonds. The van der Waals surface area contributed by atoms with Crippen LogP contribution in [0, 0.1) is 0 Å². The summed E-state index contributed by atoms with van der Waals surface area (Å²) in [5.74, 6) is -0.950. The molecule has 0 saturated heterocycles. The third-order valence-electron chi connectivity index (χ3n) is 4.24. The maximum atomic E-state index is 12.8. The Morgan fingerprint density at radius 1 is 1.10 bits per heavy atom. The Morgan fingerprint density at radius 2 is 1.90 bits per heavy atom. The maximum absolute atomic E-state index is 12.8. The average molecular weight is 408 g/mol. The molecule has 1 atom stereocenters. The van der Waals surface area contributed by atoms with Crippen LogP contribution in [-0.4, -0.2) is 33.8 Å². The number of thiol groups is 1. The molecule has 1 heterocycles. The van der Waals surface area contributed by atoms with Crippen LogP contribution in [0.5, 0.6) is 5.75 Å². The number of benzene rings is 2. The number of ether oxygens (including phenoxy) is 1. The number of carbonyl (C=O) groups is 2. The van der Waals surface area contributed by atoms with Gasteiger partial charge < -0.3 is 15.2 Å². The van der Waals surface area contributed by atoms with Gasteiger partial charge in [-0.3, -0.25) is 9.78 Å². The summed E-state index contributed by atoms with van der Waals surface area (Å²) in [6, 6.07) is 17.3. The minimum atomic E-state index is -1.13. The van der Waals surface area contributed by atoms with Crippen LogP contribution in [0.25, 0.3) is 11.1 Å². The smallest absolute Gasteiger partial charge is 0.327 e. The number of aliphatic carboxylic acids is 1. The van der Waals surface area contributed by atoms with Crippen molar-refractivity contribution >= 4 is 24.5 Å². The van der Waals surface area contributed by atoms with E-state index < -0.39 is 17.9 Å². The van der Waals surface area contributed by atoms with Gasteiger partial charge in [0.25, 0.3) is 5.91 Å². The number of amides is 1. The second-order valence-electron chi connectivity index (χ2n) is 6.27. The van der Waals surface area contributed by atoms with E-state index in [1.165, 1.54) is 0 Å². The molecule has 1 aromatic heterocycles. The lowest BCUT2D eigenvalue weighted by atomic mass is 9.96. The van der Waals surface area contributed by atoms with Crippen molar-refractivity contribution in [1.82, 2.24) is 10.3 Å². The van der Waals surface area contributed by atoms with Gasteiger partial charge in [-0.2, -0.15) is 12.6 Å². The summed E-state index contributed by atoms with van der Waals surface area (Å²) in [4.78, 5) is 28.0. The molecule has 2 aromatic carbocycles. The van der Waals surface area contributed by atoms with E-state index in [2.05, 4.69) is 22.9 Å². The zero-order valence-electron chi connectivity index (χ0n) is 15.5. The molecule has 0 spiro atoms. The highest BCUT2D eigenvalue weighted by Gasteiger charge is 2.21. The second kappa shape index (κ2) is 9.75. The molecular formula is C22H20N2O4S. The third-order valence-corrected chi connectivity index (χ3v) is 4.60. The van der Waals surface area contributed by atoms with Gasteiger partial charge in [0.15, 0.2) is 0 Å². The molecule has 0 aliphatic carbocycles. The lowest BCUT2D eigenvalue weighted by Crippen LogP contribution is -2.42. The van der Waals surface area contributed by atoms with E-state index in [0.717, 1.165) is 11.1 Å². The predicted octanol–water partition coefficient (Wildman–Crippen LogP) is 3.44. The Morgan fingerprint density at radius 3 is 2.55 bits per heavy atom. The van der Waals surface area contributed by atoms with Crippen LogP contribution in [0.2, 0.25) is 0 Å². The minimum Gasteiger partial charge on any atom is -0.487 e. The van der Waals surface area contributed by atoms with Crippen LogP contribution >= 0.6 is 12.6 Å². The van der Waals surface area contributed by atoms with Gasteiger partial charge in [0.05, 0.1) is 6.20 Å². The predicted molar refractivity (Wildman–Crippen MR) is 113 cm³/mol. The highest BCUT2D eigenvalue weighted by Crippen LogP contribution is 2.26. The Hall–Kier alpha value is -3.32. The highest BCUT2D eigenvalue weighted by atomic mass is 32.1. The standard InChI is InChI=1S/C22H20N2O4S/c25-21(24-20(14-29)22(26)27)18-9-8-15(13-28-17-7-4-10-23-12-17)11-19(18)16-5-2-1-3-6-16/h1-12,20,29H,13-14H2,(H,24,25)(H,26,27). The normalized spacial score (nSPS) is 11.5. The molecule has 0 aliphatic heterocycles. The first-order chi connectivity index (χ1) is 14.1. The Bertz CT molecular complexity index is 981. The largest absolute Gasteiger partial charge is 0.487 e. The number of hydrogen-bond acceptors (Lipinski definition) is 5. The molecule has 3 rings (SSSR count). The molecule has 0 bridgehead atoms. The molecule has 0 aliphatic rings. The SMILES string of the molecule is O=C(NC(CS)C(=O)O)c1ccc(COc2cccnc2)cc1-c1ccccc1. The van der Waals surface area contributed by atoms with E-state index in [-0.39, 0.29) is 5.75 Å². The van der Waals surface area contributed by atoms with Gasteiger partial charge in [-0.25, -0.2) is 4.79 Å². The molecule has 29 heavy (non-hydrogen) atoms. The van der Waals surface area contributed by atoms with Gasteiger partial charge in [-0.05, 0) is 41.0 Å². The van der Waals surface area contributed by atoms with Crippen molar-refractivity contribution in [2.24, 2.45) is 0 Å². The summed E-state index contributed by atoms with van der Waals surface area (Å²) in [7, 11) is 0. The van der Waals surface area contributed by atoms with Crippen LogP contribution in [-0.2, 0) is 11.4 Å². The van der Waals surface area contributed by atoms with Crippen LogP contribution in [0.4, 0.5) is 0 Å². The average Bonchev–Trinajstić information content (AvgIpc) is 2.76. The number of hydrogen-bond donors (Lipinski definition) is 3. The van der Waals surface area contributed by atoms with Crippen molar-refractivity contribution in [3.8, 4) is 16.9 Å². The van der Waals surface area contributed by atoms with Crippen molar-refractivity contribution in [3.63, 3.8) is 0 Å². The number of rotatable bonds is 8. The molecule has 7 heteroatoms. The van der Waals surface area contributed by atoms with Gasteiger partial charge in [-0.15, -0.1) is 0 Å². The van der Waals surface area contributed by atoms with Crippen LogP contribution in [0.1, 0.15) is 15.9 Å². The summed E-state index contributed by atoms with van der Waals surface area (Å²) in [5, 5.41) is 11.7. The second-order valence-corrected chi connectivity index (χ2v) is 6.64. The molecule has 1 unspecified atom stereocenters. The van der Waals surface area contributed by atoms with Gasteiger partial charge in [0.1, 0.15) is 18.4 Å². The highest BCUT2D eigenvalue weighted by molar-refractivity contribution is 7.80. The van der Waals surface area contributed by atoms with Gasteiger partial charge in [-0.1, -0.05) is 36.4 Å². The summed E-state index contributed by atoms with van der Waals surface area (Å²) in [5.41, 5.74) is 2.79. The van der Waals surface area contributed by atoms with Crippen molar-refractivity contribution < 1.29 is 19.4 Å². The number of aromatic nitrogens is 1. The van der Waals surface area contributed by atoms with Crippen molar-refractivity contribution in [2.45, 2.75) is 12.6 Å². The summed E-state index contributed by atoms with van der Waals surface area (Å²) >= 11 is 4.00. The van der Waals surface area contributed by atoms with E-state index >= 15 is 0 Å². The fourth-order valence-electron chi connectivity index (χ4n) is 2.76. The zero-order valence-corrected chi connectivity index (χ0v) is 16.4. The summed E-state index contributed by atoms with van der Waals surface area (Å²) in [6.07, 6.45) is 3.30. The minimum absolute atomic E-state index is 0.00121. The van der Waals surface area contributed by atoms with Crippen LogP contribution in [0.3, 0.4) is 0 Å². The van der Waals surface area contributed by atoms with E-state index in [1.54, 1.807) is 30.6 Å². The fourth-order valence-corrected chi connectivity index (χ4v) is 3.00. The quantitative estimate of drug-likeness (QED) is 0.497. The van der Waals surface area contributed by atoms with Crippen molar-refractivity contribution in [1.29, 1.82) is 0 Å². The molecule has 0 saturated carbocycles. The Balaban J connectivity index is 1.89. The van der Waals surface area contributed by atoms with Crippen molar-refractivity contribution in [2.75, 3.05) is 5.75 Å². The summed E-state index contributed by atoms with van der Waals surface area (Å²) < 4.78 is 5.75. The monoisotopic (exact) mass is 408 g/mol. The first kappa shape index (κ1) is 20.4. The van der Waals surface area contributed by atoms with E-state index in [0.29, 0.717) is 23.5 Å². The molecule has 3 aromatic rings. The fraction of sp³-hybridized carbons (Fsp3) is 0.136. The Kier molecular flexibility index (Phi) is 6.86. The Labute approximate surface area is 174 Å². The number of carboxylic acid groups (broad SMARTS) is 1. The lowest BCUT2D eigenvalue weighted by Gasteiger charge is -2.16. The number of nitrogens with zero attached hydrogens (tertiary/aromatic N) is 1.